The topological polar surface area (TPSA) is 101 Å². The summed E-state index contributed by atoms with van der Waals surface area (Å²) in [6, 6.07) is 30.1. The maximum absolute atomic E-state index is 14.3. The van der Waals surface area contributed by atoms with Crippen LogP contribution < -0.4 is 26.1 Å². The van der Waals surface area contributed by atoms with Gasteiger partial charge >= 0.3 is 0 Å². The van der Waals surface area contributed by atoms with Crippen LogP contribution in [0.25, 0.3) is 0 Å². The lowest BCUT2D eigenvalue weighted by Gasteiger charge is -2.43. The summed E-state index contributed by atoms with van der Waals surface area (Å²) in [6.07, 6.45) is 1.64. The minimum atomic E-state index is -1.12. The fourth-order valence-corrected chi connectivity index (χ4v) is 6.87. The van der Waals surface area contributed by atoms with E-state index in [1.54, 1.807) is 6.20 Å². The van der Waals surface area contributed by atoms with Crippen LogP contribution in [0.15, 0.2) is 103 Å². The number of anilines is 2. The second-order valence-corrected chi connectivity index (χ2v) is 11.8. The number of nitrogens with two attached hydrogens (primary N) is 2. The Balaban J connectivity index is 1.47. The highest BCUT2D eigenvalue weighted by Gasteiger charge is 2.57. The zero-order valence-corrected chi connectivity index (χ0v) is 27.6. The number of hydroxylamine groups is 2. The van der Waals surface area contributed by atoms with E-state index in [1.165, 1.54) is 10.1 Å². The fourth-order valence-electron chi connectivity index (χ4n) is 6.87. The molecule has 0 radical (unpaired) electrons. The van der Waals surface area contributed by atoms with Crippen LogP contribution >= 0.6 is 0 Å². The van der Waals surface area contributed by atoms with Crippen molar-refractivity contribution < 1.29 is 14.4 Å². The van der Waals surface area contributed by atoms with Crippen molar-refractivity contribution in [3.05, 3.63) is 131 Å². The van der Waals surface area contributed by atoms with Crippen molar-refractivity contribution in [2.75, 3.05) is 42.6 Å². The molecule has 2 aliphatic rings. The summed E-state index contributed by atoms with van der Waals surface area (Å²) in [7, 11) is 0. The van der Waals surface area contributed by atoms with E-state index in [4.69, 9.17) is 21.2 Å². The van der Waals surface area contributed by atoms with Gasteiger partial charge < -0.3 is 25.3 Å². The van der Waals surface area contributed by atoms with E-state index in [-0.39, 0.29) is 12.5 Å². The molecule has 9 heteroatoms. The highest BCUT2D eigenvalue weighted by atomic mass is 16.7. The van der Waals surface area contributed by atoms with E-state index < -0.39 is 5.54 Å². The molecule has 0 aromatic heterocycles. The van der Waals surface area contributed by atoms with Crippen molar-refractivity contribution >= 4 is 17.3 Å². The Kier molecular flexibility index (Phi) is 9.11. The molecule has 0 fully saturated rings. The average Bonchev–Trinajstić information content (AvgIpc) is 3.33. The number of nitrogens with zero attached hydrogens (tertiary/aromatic N) is 4. The molecule has 0 saturated heterocycles. The minimum Gasteiger partial charge on any atom is -0.456 e. The quantitative estimate of drug-likeness (QED) is 0.138. The summed E-state index contributed by atoms with van der Waals surface area (Å²) in [5.74, 6) is 7.39. The van der Waals surface area contributed by atoms with Crippen LogP contribution in [0, 0.1) is 0 Å². The second-order valence-electron chi connectivity index (χ2n) is 11.8. The van der Waals surface area contributed by atoms with Crippen molar-refractivity contribution in [1.29, 1.82) is 0 Å². The molecule has 9 nitrogen and oxygen atoms in total. The third-order valence-electron chi connectivity index (χ3n) is 9.12. The van der Waals surface area contributed by atoms with Crippen LogP contribution in [0.3, 0.4) is 0 Å². The molecule has 4 aromatic carbocycles. The van der Waals surface area contributed by atoms with Crippen LogP contribution in [-0.2, 0) is 16.9 Å². The zero-order chi connectivity index (χ0) is 33.1. The standard InChI is InChI=1S/C38H44N6O3/c1-5-41(6-2)29-18-20-33-35(22-29)47-36-23-30(42(7-3)8-4)19-21-34(36)38(33)32-17-13-12-16-31(32)37(45)44(38)46-26-28(39)25-43(40)24-27-14-10-9-11-15-27/h9-23,25H,5-8,24,26,39-40H2,1-4H3/b28-25-. The summed E-state index contributed by atoms with van der Waals surface area (Å²) < 4.78 is 6.75. The van der Waals surface area contributed by atoms with Crippen molar-refractivity contribution in [3.8, 4) is 11.5 Å². The number of amides is 1. The van der Waals surface area contributed by atoms with Gasteiger partial charge in [-0.2, -0.15) is 5.06 Å². The van der Waals surface area contributed by atoms with Crippen molar-refractivity contribution in [2.24, 2.45) is 11.6 Å². The highest BCUT2D eigenvalue weighted by Crippen LogP contribution is 2.58. The zero-order valence-electron chi connectivity index (χ0n) is 27.6. The number of carbonyl (C=O) groups excluding carboxylic acids is 1. The Hall–Kier alpha value is -4.99. The number of hydrogen-bond donors (Lipinski definition) is 2. The van der Waals surface area contributed by atoms with Crippen LogP contribution in [0.1, 0.15) is 60.3 Å². The molecule has 244 valence electrons. The molecule has 0 saturated carbocycles. The Labute approximate surface area is 277 Å². The first kappa shape index (κ1) is 32.0. The maximum atomic E-state index is 14.3. The predicted octanol–water partition coefficient (Wildman–Crippen LogP) is 6.34. The van der Waals surface area contributed by atoms with Gasteiger partial charge in [0.05, 0.1) is 12.2 Å². The van der Waals surface area contributed by atoms with Crippen molar-refractivity contribution in [1.82, 2.24) is 10.1 Å². The van der Waals surface area contributed by atoms with Gasteiger partial charge in [-0.15, -0.1) is 0 Å². The number of hydrazine groups is 1. The Bertz CT molecular complexity index is 1710. The fraction of sp³-hybridized carbons (Fsp3) is 0.289. The van der Waals surface area contributed by atoms with Gasteiger partial charge in [0.1, 0.15) is 18.1 Å². The predicted molar refractivity (Wildman–Crippen MR) is 187 cm³/mol. The molecule has 0 bridgehead atoms. The van der Waals surface area contributed by atoms with Gasteiger partial charge in [0.2, 0.25) is 0 Å². The van der Waals surface area contributed by atoms with Crippen LogP contribution in [0.4, 0.5) is 11.4 Å². The summed E-state index contributed by atoms with van der Waals surface area (Å²) in [5, 5.41) is 3.01. The van der Waals surface area contributed by atoms with Crippen LogP contribution in [-0.4, -0.2) is 48.8 Å². The molecule has 0 aliphatic carbocycles. The molecule has 2 aliphatic heterocycles. The van der Waals surface area contributed by atoms with Gasteiger partial charge in [0, 0.05) is 78.1 Å². The van der Waals surface area contributed by atoms with Gasteiger partial charge in [-0.3, -0.25) is 9.63 Å². The van der Waals surface area contributed by atoms with Gasteiger partial charge in [0.25, 0.3) is 5.91 Å². The first-order valence-electron chi connectivity index (χ1n) is 16.4. The summed E-state index contributed by atoms with van der Waals surface area (Å²) in [4.78, 5) is 25.4. The number of hydrogen-bond acceptors (Lipinski definition) is 8. The molecule has 0 atom stereocenters. The first-order valence-corrected chi connectivity index (χ1v) is 16.4. The molecule has 1 amide bonds. The van der Waals surface area contributed by atoms with Crippen molar-refractivity contribution in [2.45, 2.75) is 39.8 Å². The Morgan fingerprint density at radius 2 is 1.34 bits per heavy atom. The van der Waals surface area contributed by atoms with E-state index in [0.717, 1.165) is 59.8 Å². The Morgan fingerprint density at radius 1 is 0.787 bits per heavy atom. The van der Waals surface area contributed by atoms with E-state index in [1.807, 2.05) is 54.6 Å². The molecule has 4 aromatic rings. The molecule has 47 heavy (non-hydrogen) atoms. The van der Waals surface area contributed by atoms with Gasteiger partial charge in [-0.05, 0) is 51.5 Å². The summed E-state index contributed by atoms with van der Waals surface area (Å²) >= 11 is 0. The molecule has 0 unspecified atom stereocenters. The lowest BCUT2D eigenvalue weighted by molar-refractivity contribution is -0.153. The van der Waals surface area contributed by atoms with Gasteiger partial charge in [-0.25, -0.2) is 5.84 Å². The molecular weight excluding hydrogens is 588 g/mol. The third-order valence-corrected chi connectivity index (χ3v) is 9.12. The number of ether oxygens (including phenoxy) is 1. The number of fused-ring (bicyclic) bond motifs is 6. The lowest BCUT2D eigenvalue weighted by Crippen LogP contribution is -2.47. The minimum absolute atomic E-state index is 0.0510. The van der Waals surface area contributed by atoms with E-state index in [0.29, 0.717) is 29.3 Å². The van der Waals surface area contributed by atoms with E-state index >= 15 is 0 Å². The maximum Gasteiger partial charge on any atom is 0.279 e. The van der Waals surface area contributed by atoms with Gasteiger partial charge in [-0.1, -0.05) is 60.7 Å². The van der Waals surface area contributed by atoms with Crippen molar-refractivity contribution in [3.63, 3.8) is 0 Å². The Morgan fingerprint density at radius 3 is 1.91 bits per heavy atom. The second kappa shape index (κ2) is 13.4. The molecule has 1 spiro atoms. The van der Waals surface area contributed by atoms with E-state index in [9.17, 15) is 4.79 Å². The SMILES string of the molecule is CCN(CC)c1ccc2c(c1)Oc1cc(N(CC)CC)ccc1C21c2ccccc2C(=O)N1OC/C(N)=C/N(N)Cc1ccccc1. The van der Waals surface area contributed by atoms with Gasteiger partial charge in [0.15, 0.2) is 5.54 Å². The molecule has 2 heterocycles. The highest BCUT2D eigenvalue weighted by molar-refractivity contribution is 6.01. The first-order chi connectivity index (χ1) is 22.8. The molecule has 6 rings (SSSR count). The third kappa shape index (κ3) is 5.66. The average molecular weight is 633 g/mol. The summed E-state index contributed by atoms with van der Waals surface area (Å²) in [6.45, 7) is 12.4. The lowest BCUT2D eigenvalue weighted by atomic mass is 9.75. The smallest absolute Gasteiger partial charge is 0.279 e. The van der Waals surface area contributed by atoms with E-state index in [2.05, 4.69) is 73.9 Å². The monoisotopic (exact) mass is 632 g/mol. The summed E-state index contributed by atoms with van der Waals surface area (Å²) in [5.41, 5.74) is 11.9. The number of rotatable bonds is 12. The normalized spacial score (nSPS) is 14.4. The molecular formula is C38H44N6O3. The van der Waals surface area contributed by atoms with Crippen LogP contribution in [0.5, 0.6) is 11.5 Å². The van der Waals surface area contributed by atoms with Crippen LogP contribution in [0.2, 0.25) is 0 Å². The number of benzene rings is 4. The largest absolute Gasteiger partial charge is 0.456 e. The molecule has 4 N–H and O–H groups in total. The number of carbonyl (C=O) groups is 1.